The van der Waals surface area contributed by atoms with Crippen LogP contribution < -0.4 is 15.4 Å². The van der Waals surface area contributed by atoms with E-state index in [0.29, 0.717) is 11.3 Å². The molecular formula is C20H19FN4O6S. The van der Waals surface area contributed by atoms with E-state index in [-0.39, 0.29) is 23.7 Å². The fourth-order valence-electron chi connectivity index (χ4n) is 2.68. The number of rotatable bonds is 10. The highest BCUT2D eigenvalue weighted by Gasteiger charge is 2.22. The molecule has 10 nitrogen and oxygen atoms in total. The molecule has 0 fully saturated rings. The largest absolute Gasteiger partial charge is 0.467 e. The number of anilines is 1. The van der Waals surface area contributed by atoms with Crippen LogP contribution in [0.2, 0.25) is 0 Å². The Kier molecular flexibility index (Phi) is 7.18. The maximum Gasteiger partial charge on any atom is 0.293 e. The number of carbonyl (C=O) groups is 1. The molecule has 1 amide bonds. The Morgan fingerprint density at radius 3 is 2.50 bits per heavy atom. The van der Waals surface area contributed by atoms with E-state index in [2.05, 4.69) is 15.4 Å². The van der Waals surface area contributed by atoms with Gasteiger partial charge in [0.05, 0.1) is 29.2 Å². The van der Waals surface area contributed by atoms with Gasteiger partial charge in [0.1, 0.15) is 17.3 Å². The van der Waals surface area contributed by atoms with Crippen LogP contribution in [0.3, 0.4) is 0 Å². The molecule has 0 bridgehead atoms. The van der Waals surface area contributed by atoms with Crippen molar-refractivity contribution in [2.45, 2.75) is 18.0 Å². The first-order valence-corrected chi connectivity index (χ1v) is 10.8. The van der Waals surface area contributed by atoms with E-state index in [0.717, 1.165) is 6.07 Å². The van der Waals surface area contributed by atoms with Crippen molar-refractivity contribution in [1.29, 1.82) is 0 Å². The molecule has 0 spiro atoms. The Morgan fingerprint density at radius 1 is 1.09 bits per heavy atom. The van der Waals surface area contributed by atoms with Gasteiger partial charge in [-0.3, -0.25) is 14.9 Å². The number of hydrogen-bond acceptors (Lipinski definition) is 7. The lowest BCUT2D eigenvalue weighted by Gasteiger charge is -2.10. The molecule has 3 rings (SSSR count). The second-order valence-corrected chi connectivity index (χ2v) is 8.36. The van der Waals surface area contributed by atoms with Crippen LogP contribution >= 0.6 is 0 Å². The van der Waals surface area contributed by atoms with E-state index in [1.807, 2.05) is 0 Å². The molecular weight excluding hydrogens is 443 g/mol. The monoisotopic (exact) mass is 462 g/mol. The fraction of sp³-hybridized carbons (Fsp3) is 0.150. The predicted octanol–water partition coefficient (Wildman–Crippen LogP) is 2.53. The molecule has 0 saturated heterocycles. The molecule has 3 aromatic rings. The summed E-state index contributed by atoms with van der Waals surface area (Å²) in [5.74, 6) is -0.488. The second-order valence-electron chi connectivity index (χ2n) is 6.60. The van der Waals surface area contributed by atoms with Gasteiger partial charge in [0.15, 0.2) is 0 Å². The first kappa shape index (κ1) is 22.9. The smallest absolute Gasteiger partial charge is 0.293 e. The minimum Gasteiger partial charge on any atom is -0.467 e. The average molecular weight is 462 g/mol. The van der Waals surface area contributed by atoms with Crippen molar-refractivity contribution in [2.75, 3.05) is 11.9 Å². The van der Waals surface area contributed by atoms with Crippen LogP contribution in [0.15, 0.2) is 70.2 Å². The lowest BCUT2D eigenvalue weighted by atomic mass is 10.2. The van der Waals surface area contributed by atoms with Crippen LogP contribution in [-0.2, 0) is 27.9 Å². The summed E-state index contributed by atoms with van der Waals surface area (Å²) in [6, 6.07) is 12.2. The van der Waals surface area contributed by atoms with Gasteiger partial charge in [-0.2, -0.15) is 0 Å². The lowest BCUT2D eigenvalue weighted by Crippen LogP contribution is -2.36. The standard InChI is InChI=1S/C20H19FN4O6S/c21-15-5-3-14(4-6-15)11-23-20(26)13-24-32(29,30)17-7-8-18(19(10-17)25(27)28)22-12-16-2-1-9-31-16/h1-10,22,24H,11-13H2,(H,23,26). The van der Waals surface area contributed by atoms with Gasteiger partial charge in [-0.05, 0) is 42.0 Å². The number of nitro benzene ring substituents is 1. The van der Waals surface area contributed by atoms with Gasteiger partial charge >= 0.3 is 0 Å². The van der Waals surface area contributed by atoms with Gasteiger partial charge in [0, 0.05) is 12.6 Å². The van der Waals surface area contributed by atoms with Gasteiger partial charge in [0.25, 0.3) is 5.69 Å². The summed E-state index contributed by atoms with van der Waals surface area (Å²) in [6.07, 6.45) is 1.46. The molecule has 0 unspecified atom stereocenters. The highest BCUT2D eigenvalue weighted by molar-refractivity contribution is 7.89. The third-order valence-corrected chi connectivity index (χ3v) is 5.73. The van der Waals surface area contributed by atoms with E-state index in [4.69, 9.17) is 4.42 Å². The zero-order valence-electron chi connectivity index (χ0n) is 16.6. The van der Waals surface area contributed by atoms with Crippen LogP contribution in [0.25, 0.3) is 0 Å². The molecule has 0 aliphatic heterocycles. The molecule has 0 saturated carbocycles. The van der Waals surface area contributed by atoms with Gasteiger partial charge in [-0.25, -0.2) is 17.5 Å². The zero-order valence-corrected chi connectivity index (χ0v) is 17.4. The Hall–Kier alpha value is -3.77. The first-order chi connectivity index (χ1) is 15.2. The maximum atomic E-state index is 12.9. The van der Waals surface area contributed by atoms with E-state index in [1.165, 1.54) is 42.7 Å². The third-order valence-electron chi connectivity index (χ3n) is 4.34. The van der Waals surface area contributed by atoms with Gasteiger partial charge in [-0.1, -0.05) is 12.1 Å². The lowest BCUT2D eigenvalue weighted by molar-refractivity contribution is -0.384. The number of sulfonamides is 1. The number of nitrogens with one attached hydrogen (secondary N) is 3. The molecule has 0 aliphatic rings. The molecule has 1 aromatic heterocycles. The molecule has 2 aromatic carbocycles. The van der Waals surface area contributed by atoms with Crippen LogP contribution in [0, 0.1) is 15.9 Å². The molecule has 32 heavy (non-hydrogen) atoms. The first-order valence-electron chi connectivity index (χ1n) is 9.30. The van der Waals surface area contributed by atoms with E-state index < -0.39 is 38.9 Å². The van der Waals surface area contributed by atoms with Crippen molar-refractivity contribution in [3.05, 3.63) is 88.1 Å². The summed E-state index contributed by atoms with van der Waals surface area (Å²) in [5, 5.41) is 16.7. The summed E-state index contributed by atoms with van der Waals surface area (Å²) in [7, 11) is -4.19. The van der Waals surface area contributed by atoms with Gasteiger partial charge < -0.3 is 15.1 Å². The van der Waals surface area contributed by atoms with Crippen molar-refractivity contribution in [3.63, 3.8) is 0 Å². The topological polar surface area (TPSA) is 144 Å². The Balaban J connectivity index is 1.62. The Bertz CT molecular complexity index is 1200. The summed E-state index contributed by atoms with van der Waals surface area (Å²) in [4.78, 5) is 22.3. The minimum atomic E-state index is -4.19. The highest BCUT2D eigenvalue weighted by atomic mass is 32.2. The Labute approximate surface area is 182 Å². The van der Waals surface area contributed by atoms with E-state index in [9.17, 15) is 27.7 Å². The van der Waals surface area contributed by atoms with Gasteiger partial charge in [-0.15, -0.1) is 0 Å². The third kappa shape index (κ3) is 6.12. The molecule has 0 aliphatic carbocycles. The zero-order chi connectivity index (χ0) is 23.1. The van der Waals surface area contributed by atoms with Crippen molar-refractivity contribution < 1.29 is 26.9 Å². The highest BCUT2D eigenvalue weighted by Crippen LogP contribution is 2.28. The second kappa shape index (κ2) is 10.0. The Morgan fingerprint density at radius 2 is 1.84 bits per heavy atom. The molecule has 168 valence electrons. The van der Waals surface area contributed by atoms with Crippen molar-refractivity contribution in [1.82, 2.24) is 10.0 Å². The molecule has 12 heteroatoms. The van der Waals surface area contributed by atoms with E-state index in [1.54, 1.807) is 12.1 Å². The molecule has 0 radical (unpaired) electrons. The number of nitro groups is 1. The number of carbonyl (C=O) groups excluding carboxylic acids is 1. The number of amides is 1. The number of benzene rings is 2. The normalized spacial score (nSPS) is 11.2. The summed E-state index contributed by atoms with van der Waals surface area (Å²) >= 11 is 0. The van der Waals surface area contributed by atoms with Crippen LogP contribution in [0.5, 0.6) is 0 Å². The van der Waals surface area contributed by atoms with Crippen LogP contribution in [-0.4, -0.2) is 25.8 Å². The van der Waals surface area contributed by atoms with Crippen molar-refractivity contribution >= 4 is 27.3 Å². The predicted molar refractivity (Wildman–Crippen MR) is 113 cm³/mol. The van der Waals surface area contributed by atoms with Crippen LogP contribution in [0.4, 0.5) is 15.8 Å². The quantitative estimate of drug-likeness (QED) is 0.310. The van der Waals surface area contributed by atoms with Gasteiger partial charge in [0.2, 0.25) is 15.9 Å². The molecule has 3 N–H and O–H groups in total. The van der Waals surface area contributed by atoms with Crippen LogP contribution in [0.1, 0.15) is 11.3 Å². The fourth-order valence-corrected chi connectivity index (χ4v) is 3.69. The summed E-state index contributed by atoms with van der Waals surface area (Å²) in [6.45, 7) is -0.315. The summed E-state index contributed by atoms with van der Waals surface area (Å²) < 4.78 is 45.1. The minimum absolute atomic E-state index is 0.0857. The number of halogens is 1. The number of hydrogen-bond donors (Lipinski definition) is 3. The average Bonchev–Trinajstić information content (AvgIpc) is 3.29. The molecule has 0 atom stereocenters. The maximum absolute atomic E-state index is 12.9. The van der Waals surface area contributed by atoms with Crippen molar-refractivity contribution in [2.24, 2.45) is 0 Å². The number of nitrogens with zero attached hydrogens (tertiary/aromatic N) is 1. The van der Waals surface area contributed by atoms with Crippen molar-refractivity contribution in [3.8, 4) is 0 Å². The molecule has 1 heterocycles. The number of furan rings is 1. The SMILES string of the molecule is O=C(CNS(=O)(=O)c1ccc(NCc2ccco2)c([N+](=O)[O-])c1)NCc1ccc(F)cc1. The summed E-state index contributed by atoms with van der Waals surface area (Å²) in [5.41, 5.74) is 0.304. The van der Waals surface area contributed by atoms with E-state index >= 15 is 0 Å².